The molecule has 11 heteroatoms. The van der Waals surface area contributed by atoms with E-state index in [1.807, 2.05) is 42.5 Å². The van der Waals surface area contributed by atoms with Crippen molar-refractivity contribution >= 4 is 47.3 Å². The minimum absolute atomic E-state index is 0.0363. The fraction of sp³-hybridized carbons (Fsp3) is 0.130. The predicted molar refractivity (Wildman–Crippen MR) is 132 cm³/mol. The van der Waals surface area contributed by atoms with Gasteiger partial charge in [0.15, 0.2) is 15.1 Å². The normalized spacial score (nSPS) is 13.0. The van der Waals surface area contributed by atoms with Gasteiger partial charge in [0, 0.05) is 6.54 Å². The summed E-state index contributed by atoms with van der Waals surface area (Å²) in [4.78, 5) is 17.5. The predicted octanol–water partition coefficient (Wildman–Crippen LogP) is 2.88. The van der Waals surface area contributed by atoms with E-state index in [4.69, 9.17) is 5.14 Å². The summed E-state index contributed by atoms with van der Waals surface area (Å²) < 4.78 is 50.1. The molecule has 0 fully saturated rings. The summed E-state index contributed by atoms with van der Waals surface area (Å²) in [6.07, 6.45) is 0. The highest BCUT2D eigenvalue weighted by Gasteiger charge is 2.38. The summed E-state index contributed by atoms with van der Waals surface area (Å²) in [6, 6.07) is 22.9. The number of rotatable bonds is 8. The van der Waals surface area contributed by atoms with E-state index in [9.17, 15) is 21.6 Å². The highest BCUT2D eigenvalue weighted by Crippen LogP contribution is 2.36. The number of carbonyl (C=O) groups is 1. The van der Waals surface area contributed by atoms with Crippen LogP contribution in [0.2, 0.25) is 0 Å². The van der Waals surface area contributed by atoms with Crippen molar-refractivity contribution in [3.05, 3.63) is 83.9 Å². The second-order valence-electron chi connectivity index (χ2n) is 7.50. The second kappa shape index (κ2) is 9.63. The summed E-state index contributed by atoms with van der Waals surface area (Å²) in [5.41, 5.74) is 2.49. The van der Waals surface area contributed by atoms with Crippen LogP contribution in [0.1, 0.15) is 10.3 Å². The van der Waals surface area contributed by atoms with Crippen molar-refractivity contribution in [2.75, 3.05) is 12.3 Å². The zero-order chi connectivity index (χ0) is 24.3. The Kier molecular flexibility index (Phi) is 6.80. The van der Waals surface area contributed by atoms with Gasteiger partial charge in [-0.15, -0.1) is 11.3 Å². The van der Waals surface area contributed by atoms with Crippen LogP contribution >= 0.6 is 11.3 Å². The molecule has 0 aliphatic heterocycles. The lowest BCUT2D eigenvalue weighted by Crippen LogP contribution is -2.37. The third-order valence-corrected chi connectivity index (χ3v) is 9.03. The Labute approximate surface area is 201 Å². The standard InChI is InChI=1S/C23H21N3O5S3/c24-33(28,29)14-13-25-22(27)21(34(30,31)18-9-5-2-6-10-18)23-26-19-12-11-17(15-20(19)32-23)16-7-3-1-4-8-16/h1-12,15,21H,13-14H2,(H,25,27)(H2,24,28,29). The molecule has 3 N–H and O–H groups in total. The third-order valence-electron chi connectivity index (χ3n) is 5.04. The number of carbonyl (C=O) groups excluding carboxylic acids is 1. The molecule has 176 valence electrons. The number of primary sulfonamides is 1. The van der Waals surface area contributed by atoms with Gasteiger partial charge >= 0.3 is 0 Å². The van der Waals surface area contributed by atoms with Crippen molar-refractivity contribution in [2.45, 2.75) is 10.1 Å². The average Bonchev–Trinajstić information content (AvgIpc) is 3.21. The van der Waals surface area contributed by atoms with Crippen LogP contribution in [-0.4, -0.2) is 40.0 Å². The number of benzene rings is 3. The van der Waals surface area contributed by atoms with Crippen LogP contribution in [0.15, 0.2) is 83.8 Å². The molecule has 0 spiro atoms. The van der Waals surface area contributed by atoms with E-state index in [0.29, 0.717) is 5.52 Å². The van der Waals surface area contributed by atoms with E-state index < -0.39 is 36.8 Å². The van der Waals surface area contributed by atoms with Gasteiger partial charge in [0.25, 0.3) is 0 Å². The number of thiazole rings is 1. The molecule has 1 amide bonds. The molecule has 4 aromatic rings. The molecule has 3 aromatic carbocycles. The first kappa shape index (κ1) is 24.0. The highest BCUT2D eigenvalue weighted by molar-refractivity contribution is 7.92. The van der Waals surface area contributed by atoms with Crippen LogP contribution in [0.25, 0.3) is 21.3 Å². The lowest BCUT2D eigenvalue weighted by molar-refractivity contribution is -0.120. The van der Waals surface area contributed by atoms with Gasteiger partial charge in [0.05, 0.1) is 20.9 Å². The molecule has 0 aliphatic carbocycles. The molecule has 34 heavy (non-hydrogen) atoms. The van der Waals surface area contributed by atoms with E-state index in [-0.39, 0.29) is 16.4 Å². The zero-order valence-electron chi connectivity index (χ0n) is 17.8. The second-order valence-corrected chi connectivity index (χ2v) is 12.3. The zero-order valence-corrected chi connectivity index (χ0v) is 20.2. The fourth-order valence-electron chi connectivity index (χ4n) is 3.41. The number of sulfonamides is 1. The number of hydrogen-bond acceptors (Lipinski definition) is 7. The SMILES string of the molecule is NS(=O)(=O)CCNC(=O)C(c1nc2ccc(-c3ccccc3)cc2s1)S(=O)(=O)c1ccccc1. The molecule has 1 aromatic heterocycles. The van der Waals surface area contributed by atoms with Gasteiger partial charge in [-0.25, -0.2) is 27.0 Å². The summed E-state index contributed by atoms with van der Waals surface area (Å²) in [5, 5.41) is 5.83. The van der Waals surface area contributed by atoms with Crippen LogP contribution in [0.4, 0.5) is 0 Å². The van der Waals surface area contributed by atoms with Crippen LogP contribution < -0.4 is 10.5 Å². The van der Waals surface area contributed by atoms with Crippen molar-refractivity contribution < 1.29 is 21.6 Å². The van der Waals surface area contributed by atoms with E-state index in [2.05, 4.69) is 10.3 Å². The molecular formula is C23H21N3O5S3. The Balaban J connectivity index is 1.75. The van der Waals surface area contributed by atoms with E-state index in [1.54, 1.807) is 24.3 Å². The lowest BCUT2D eigenvalue weighted by Gasteiger charge is -2.15. The average molecular weight is 516 g/mol. The Morgan fingerprint density at radius 2 is 1.56 bits per heavy atom. The number of amides is 1. The molecule has 1 atom stereocenters. The Morgan fingerprint density at radius 1 is 0.912 bits per heavy atom. The first-order chi connectivity index (χ1) is 16.1. The van der Waals surface area contributed by atoms with Crippen LogP contribution in [0.5, 0.6) is 0 Å². The molecule has 0 saturated carbocycles. The van der Waals surface area contributed by atoms with E-state index in [1.165, 1.54) is 12.1 Å². The number of nitrogens with two attached hydrogens (primary N) is 1. The van der Waals surface area contributed by atoms with Crippen LogP contribution in [0.3, 0.4) is 0 Å². The maximum atomic E-state index is 13.5. The van der Waals surface area contributed by atoms with Crippen LogP contribution in [0, 0.1) is 0 Å². The number of nitrogens with zero attached hydrogens (tertiary/aromatic N) is 1. The maximum absolute atomic E-state index is 13.5. The van der Waals surface area contributed by atoms with Gasteiger partial charge in [-0.1, -0.05) is 54.6 Å². The van der Waals surface area contributed by atoms with Crippen molar-refractivity contribution in [2.24, 2.45) is 5.14 Å². The fourth-order valence-corrected chi connectivity index (χ4v) is 6.80. The van der Waals surface area contributed by atoms with E-state index >= 15 is 0 Å². The number of sulfone groups is 1. The number of nitrogens with one attached hydrogen (secondary N) is 1. The molecule has 0 bridgehead atoms. The molecule has 0 radical (unpaired) electrons. The maximum Gasteiger partial charge on any atom is 0.245 e. The van der Waals surface area contributed by atoms with Crippen molar-refractivity contribution in [3.63, 3.8) is 0 Å². The smallest absolute Gasteiger partial charge is 0.245 e. The lowest BCUT2D eigenvalue weighted by atomic mass is 10.1. The monoisotopic (exact) mass is 515 g/mol. The quantitative estimate of drug-likeness (QED) is 0.370. The Hall–Kier alpha value is -3.12. The summed E-state index contributed by atoms with van der Waals surface area (Å²) in [5.74, 6) is -1.38. The largest absolute Gasteiger partial charge is 0.354 e. The first-order valence-electron chi connectivity index (χ1n) is 10.2. The Bertz CT molecular complexity index is 1530. The minimum Gasteiger partial charge on any atom is -0.354 e. The summed E-state index contributed by atoms with van der Waals surface area (Å²) in [6.45, 7) is -0.318. The molecule has 0 saturated heterocycles. The summed E-state index contributed by atoms with van der Waals surface area (Å²) in [7, 11) is -8.00. The van der Waals surface area contributed by atoms with Gasteiger partial charge in [-0.05, 0) is 35.4 Å². The van der Waals surface area contributed by atoms with Crippen molar-refractivity contribution in [1.82, 2.24) is 10.3 Å². The molecule has 4 rings (SSSR count). The highest BCUT2D eigenvalue weighted by atomic mass is 32.2. The summed E-state index contributed by atoms with van der Waals surface area (Å²) >= 11 is 1.11. The molecule has 0 aliphatic rings. The number of aromatic nitrogens is 1. The number of fused-ring (bicyclic) bond motifs is 1. The van der Waals surface area contributed by atoms with Gasteiger partial charge < -0.3 is 5.32 Å². The minimum atomic E-state index is -4.17. The molecule has 1 heterocycles. The van der Waals surface area contributed by atoms with Gasteiger partial charge in [-0.2, -0.15) is 0 Å². The van der Waals surface area contributed by atoms with Gasteiger partial charge in [0.1, 0.15) is 5.01 Å². The first-order valence-corrected chi connectivity index (χ1v) is 14.3. The van der Waals surface area contributed by atoms with Crippen LogP contribution in [-0.2, 0) is 24.7 Å². The molecule has 8 nitrogen and oxygen atoms in total. The Morgan fingerprint density at radius 3 is 2.21 bits per heavy atom. The molecule has 1 unspecified atom stereocenters. The third kappa shape index (κ3) is 5.33. The molecular weight excluding hydrogens is 494 g/mol. The van der Waals surface area contributed by atoms with E-state index in [0.717, 1.165) is 27.2 Å². The number of hydrogen-bond donors (Lipinski definition) is 2. The van der Waals surface area contributed by atoms with Gasteiger partial charge in [-0.3, -0.25) is 4.79 Å². The van der Waals surface area contributed by atoms with Crippen molar-refractivity contribution in [1.29, 1.82) is 0 Å². The van der Waals surface area contributed by atoms with Crippen molar-refractivity contribution in [3.8, 4) is 11.1 Å². The topological polar surface area (TPSA) is 136 Å². The van der Waals surface area contributed by atoms with Gasteiger partial charge in [0.2, 0.25) is 15.9 Å².